The predicted octanol–water partition coefficient (Wildman–Crippen LogP) is 3.98. The summed E-state index contributed by atoms with van der Waals surface area (Å²) in [7, 11) is 0. The standard InChI is InChI=1S/C20H19ClF2N4O2S/c21-14-3-1-2-12(8-14)18(25)19(28)27-10-13(17(24)11-27)9-26-30-16-6-4-15(5-7-16)29-20(22)23/h1-9,18,20,24,26H,10-11,25H2/b13-9-,24-17?. The van der Waals surface area contributed by atoms with E-state index in [1.807, 2.05) is 0 Å². The summed E-state index contributed by atoms with van der Waals surface area (Å²) in [4.78, 5) is 15.0. The molecule has 1 atom stereocenters. The van der Waals surface area contributed by atoms with E-state index in [9.17, 15) is 13.6 Å². The second-order valence-corrected chi connectivity index (χ2v) is 7.79. The topological polar surface area (TPSA) is 91.4 Å². The first-order chi connectivity index (χ1) is 14.3. The van der Waals surface area contributed by atoms with Gasteiger partial charge in [-0.2, -0.15) is 8.78 Å². The van der Waals surface area contributed by atoms with E-state index in [0.717, 1.165) is 4.90 Å². The van der Waals surface area contributed by atoms with Crippen molar-refractivity contribution in [2.75, 3.05) is 13.1 Å². The fourth-order valence-electron chi connectivity index (χ4n) is 2.84. The molecule has 6 nitrogen and oxygen atoms in total. The van der Waals surface area contributed by atoms with Crippen LogP contribution in [0.1, 0.15) is 11.6 Å². The molecule has 0 saturated carbocycles. The molecular weight excluding hydrogens is 434 g/mol. The Bertz CT molecular complexity index is 956. The molecule has 0 aliphatic carbocycles. The SMILES string of the molecule is N=C1CN(C(=O)C(N)c2cccc(Cl)c2)C/C1=C/NSc1ccc(OC(F)F)cc1. The van der Waals surface area contributed by atoms with Gasteiger partial charge in [0.1, 0.15) is 11.8 Å². The molecule has 1 amide bonds. The van der Waals surface area contributed by atoms with Gasteiger partial charge in [-0.05, 0) is 53.9 Å². The molecule has 1 unspecified atom stereocenters. The van der Waals surface area contributed by atoms with E-state index >= 15 is 0 Å². The monoisotopic (exact) mass is 452 g/mol. The second-order valence-electron chi connectivity index (χ2n) is 6.44. The summed E-state index contributed by atoms with van der Waals surface area (Å²) in [5.74, 6) is -0.205. The molecule has 158 valence electrons. The van der Waals surface area contributed by atoms with E-state index in [0.29, 0.717) is 21.9 Å². The van der Waals surface area contributed by atoms with Crippen LogP contribution in [-0.2, 0) is 4.79 Å². The first kappa shape index (κ1) is 22.1. The zero-order valence-corrected chi connectivity index (χ0v) is 17.2. The number of hydrogen-bond donors (Lipinski definition) is 3. The largest absolute Gasteiger partial charge is 0.435 e. The van der Waals surface area contributed by atoms with Gasteiger partial charge in [0.05, 0.1) is 12.3 Å². The lowest BCUT2D eigenvalue weighted by Crippen LogP contribution is -2.37. The third-order valence-electron chi connectivity index (χ3n) is 4.34. The Balaban J connectivity index is 1.56. The molecule has 0 aromatic heterocycles. The zero-order valence-electron chi connectivity index (χ0n) is 15.6. The Kier molecular flexibility index (Phi) is 7.30. The Labute approximate surface area is 181 Å². The number of alkyl halides is 2. The third kappa shape index (κ3) is 5.71. The van der Waals surface area contributed by atoms with E-state index in [2.05, 4.69) is 9.46 Å². The number of rotatable bonds is 7. The van der Waals surface area contributed by atoms with Gasteiger partial charge in [-0.15, -0.1) is 0 Å². The van der Waals surface area contributed by atoms with Gasteiger partial charge in [0.2, 0.25) is 5.91 Å². The summed E-state index contributed by atoms with van der Waals surface area (Å²) in [5.41, 5.74) is 7.67. The number of nitrogens with one attached hydrogen (secondary N) is 2. The lowest BCUT2D eigenvalue weighted by Gasteiger charge is -2.20. The van der Waals surface area contributed by atoms with Crippen LogP contribution in [0.3, 0.4) is 0 Å². The maximum absolute atomic E-state index is 12.7. The van der Waals surface area contributed by atoms with Crippen LogP contribution in [-0.4, -0.2) is 36.2 Å². The van der Waals surface area contributed by atoms with Crippen molar-refractivity contribution in [2.24, 2.45) is 5.73 Å². The van der Waals surface area contributed by atoms with Crippen molar-refractivity contribution in [3.8, 4) is 5.75 Å². The molecule has 30 heavy (non-hydrogen) atoms. The van der Waals surface area contributed by atoms with Crippen LogP contribution >= 0.6 is 23.5 Å². The lowest BCUT2D eigenvalue weighted by atomic mass is 10.1. The van der Waals surface area contributed by atoms with Crippen LogP contribution in [0.5, 0.6) is 5.75 Å². The fraction of sp³-hybridized carbons (Fsp3) is 0.200. The molecule has 4 N–H and O–H groups in total. The van der Waals surface area contributed by atoms with E-state index in [1.54, 1.807) is 42.6 Å². The summed E-state index contributed by atoms with van der Waals surface area (Å²) >= 11 is 7.21. The number of amides is 1. The average Bonchev–Trinajstić information content (AvgIpc) is 3.08. The average molecular weight is 453 g/mol. The van der Waals surface area contributed by atoms with Crippen molar-refractivity contribution >= 4 is 35.2 Å². The quantitative estimate of drug-likeness (QED) is 0.553. The molecule has 0 bridgehead atoms. The maximum Gasteiger partial charge on any atom is 0.387 e. The van der Waals surface area contributed by atoms with E-state index in [1.165, 1.54) is 29.0 Å². The van der Waals surface area contributed by atoms with Gasteiger partial charge in [0, 0.05) is 28.2 Å². The highest BCUT2D eigenvalue weighted by molar-refractivity contribution is 7.97. The predicted molar refractivity (Wildman–Crippen MR) is 113 cm³/mol. The fourth-order valence-corrected chi connectivity index (χ4v) is 3.64. The van der Waals surface area contributed by atoms with Crippen LogP contribution in [0, 0.1) is 5.41 Å². The van der Waals surface area contributed by atoms with Crippen molar-refractivity contribution in [2.45, 2.75) is 17.5 Å². The van der Waals surface area contributed by atoms with Gasteiger partial charge < -0.3 is 25.5 Å². The van der Waals surface area contributed by atoms with Crippen LogP contribution in [0.15, 0.2) is 65.2 Å². The minimum atomic E-state index is -2.86. The number of carbonyl (C=O) groups is 1. The van der Waals surface area contributed by atoms with Crippen LogP contribution in [0.4, 0.5) is 8.78 Å². The normalized spacial score (nSPS) is 16.2. The van der Waals surface area contributed by atoms with E-state index in [-0.39, 0.29) is 24.7 Å². The third-order valence-corrected chi connectivity index (χ3v) is 5.32. The highest BCUT2D eigenvalue weighted by Gasteiger charge is 2.30. The molecule has 0 spiro atoms. The molecule has 2 aromatic rings. The minimum absolute atomic E-state index is 0.0791. The zero-order chi connectivity index (χ0) is 21.7. The summed E-state index contributed by atoms with van der Waals surface area (Å²) in [5, 5.41) is 8.63. The lowest BCUT2D eigenvalue weighted by molar-refractivity contribution is -0.131. The smallest absolute Gasteiger partial charge is 0.387 e. The number of carbonyl (C=O) groups excluding carboxylic acids is 1. The molecule has 2 aromatic carbocycles. The number of likely N-dealkylation sites (tertiary alicyclic amines) is 1. The Morgan fingerprint density at radius 2 is 2.00 bits per heavy atom. The molecule has 1 heterocycles. The van der Waals surface area contributed by atoms with Gasteiger partial charge in [-0.1, -0.05) is 23.7 Å². The van der Waals surface area contributed by atoms with Crippen molar-refractivity contribution in [1.29, 1.82) is 5.41 Å². The van der Waals surface area contributed by atoms with Crippen molar-refractivity contribution in [1.82, 2.24) is 9.62 Å². The highest BCUT2D eigenvalue weighted by atomic mass is 35.5. The number of nitrogens with zero attached hydrogens (tertiary/aromatic N) is 1. The molecule has 3 rings (SSSR count). The summed E-state index contributed by atoms with van der Waals surface area (Å²) in [6.07, 6.45) is 1.65. The van der Waals surface area contributed by atoms with E-state index in [4.69, 9.17) is 22.7 Å². The van der Waals surface area contributed by atoms with Crippen LogP contribution in [0.2, 0.25) is 5.02 Å². The Hall–Kier alpha value is -2.62. The number of halogens is 3. The molecule has 1 saturated heterocycles. The van der Waals surface area contributed by atoms with Gasteiger partial charge in [-0.3, -0.25) is 4.79 Å². The highest BCUT2D eigenvalue weighted by Crippen LogP contribution is 2.23. The molecule has 0 radical (unpaired) electrons. The van der Waals surface area contributed by atoms with Crippen molar-refractivity contribution in [3.05, 3.63) is 70.9 Å². The maximum atomic E-state index is 12.7. The number of nitrogens with two attached hydrogens (primary N) is 1. The van der Waals surface area contributed by atoms with Gasteiger partial charge in [0.15, 0.2) is 0 Å². The minimum Gasteiger partial charge on any atom is -0.435 e. The Morgan fingerprint density at radius 1 is 1.27 bits per heavy atom. The van der Waals surface area contributed by atoms with Crippen LogP contribution in [0.25, 0.3) is 0 Å². The second kappa shape index (κ2) is 9.92. The molecule has 10 heteroatoms. The molecule has 1 fully saturated rings. The number of hydrogen-bond acceptors (Lipinski definition) is 6. The van der Waals surface area contributed by atoms with E-state index < -0.39 is 12.7 Å². The number of ether oxygens (including phenoxy) is 1. The van der Waals surface area contributed by atoms with Gasteiger partial charge in [0.25, 0.3) is 0 Å². The first-order valence-electron chi connectivity index (χ1n) is 8.87. The molecule has 1 aliphatic rings. The Morgan fingerprint density at radius 3 is 2.67 bits per heavy atom. The van der Waals surface area contributed by atoms with Crippen molar-refractivity contribution in [3.63, 3.8) is 0 Å². The molecular formula is C20H19ClF2N4O2S. The van der Waals surface area contributed by atoms with Gasteiger partial charge >= 0.3 is 6.61 Å². The number of benzene rings is 2. The summed E-state index contributed by atoms with van der Waals surface area (Å²) < 4.78 is 31.7. The molecule has 1 aliphatic heterocycles. The van der Waals surface area contributed by atoms with Crippen molar-refractivity contribution < 1.29 is 18.3 Å². The first-order valence-corrected chi connectivity index (χ1v) is 10.1. The summed E-state index contributed by atoms with van der Waals surface area (Å²) in [6.45, 7) is -2.43. The van der Waals surface area contributed by atoms with Gasteiger partial charge in [-0.25, -0.2) is 0 Å². The summed E-state index contributed by atoms with van der Waals surface area (Å²) in [6, 6.07) is 12.1. The van der Waals surface area contributed by atoms with Crippen LogP contribution < -0.4 is 15.2 Å².